The van der Waals surface area contributed by atoms with Crippen molar-refractivity contribution < 1.29 is 9.47 Å². The van der Waals surface area contributed by atoms with Gasteiger partial charge in [0, 0.05) is 13.0 Å². The normalized spacial score (nSPS) is 11.0. The molecule has 0 saturated carbocycles. The van der Waals surface area contributed by atoms with E-state index in [0.717, 1.165) is 35.8 Å². The van der Waals surface area contributed by atoms with Crippen molar-refractivity contribution in [2.45, 2.75) is 45.6 Å². The second-order valence-corrected chi connectivity index (χ2v) is 6.60. The zero-order chi connectivity index (χ0) is 18.4. The highest BCUT2D eigenvalue weighted by Crippen LogP contribution is 2.29. The van der Waals surface area contributed by atoms with Gasteiger partial charge in [0.05, 0.1) is 25.3 Å². The quantitative estimate of drug-likeness (QED) is 0.495. The van der Waals surface area contributed by atoms with Gasteiger partial charge in [-0.15, -0.1) is 0 Å². The zero-order valence-corrected chi connectivity index (χ0v) is 16.0. The molecule has 3 rings (SSSR count). The van der Waals surface area contributed by atoms with Crippen molar-refractivity contribution >= 4 is 11.0 Å². The summed E-state index contributed by atoms with van der Waals surface area (Å²) in [5.41, 5.74) is 3.46. The molecule has 0 fully saturated rings. The van der Waals surface area contributed by atoms with Crippen LogP contribution >= 0.6 is 0 Å². The first kappa shape index (κ1) is 18.3. The maximum Gasteiger partial charge on any atom is 0.161 e. The minimum atomic E-state index is 0.754. The van der Waals surface area contributed by atoms with E-state index >= 15 is 0 Å². The van der Waals surface area contributed by atoms with Crippen LogP contribution in [0, 0.1) is 0 Å². The van der Waals surface area contributed by atoms with Crippen molar-refractivity contribution in [3.8, 4) is 11.5 Å². The number of rotatable bonds is 9. The Morgan fingerprint density at radius 2 is 1.73 bits per heavy atom. The van der Waals surface area contributed by atoms with Crippen LogP contribution in [-0.2, 0) is 13.0 Å². The molecule has 4 heteroatoms. The van der Waals surface area contributed by atoms with Gasteiger partial charge < -0.3 is 14.0 Å². The van der Waals surface area contributed by atoms with E-state index in [9.17, 15) is 0 Å². The second kappa shape index (κ2) is 8.75. The average molecular weight is 352 g/mol. The Morgan fingerprint density at radius 3 is 2.50 bits per heavy atom. The number of imidazole rings is 1. The molecule has 0 unspecified atom stereocenters. The first-order valence-corrected chi connectivity index (χ1v) is 9.41. The third-order valence-corrected chi connectivity index (χ3v) is 4.78. The van der Waals surface area contributed by atoms with Crippen LogP contribution < -0.4 is 9.47 Å². The maximum atomic E-state index is 5.44. The lowest BCUT2D eigenvalue weighted by Gasteiger charge is -2.11. The summed E-state index contributed by atoms with van der Waals surface area (Å²) in [6, 6.07) is 14.5. The number of fused-ring (bicyclic) bond motifs is 1. The molecular formula is C22H28N2O2. The van der Waals surface area contributed by atoms with Crippen molar-refractivity contribution in [2.75, 3.05) is 14.2 Å². The highest BCUT2D eigenvalue weighted by molar-refractivity contribution is 5.76. The Kier molecular flexibility index (Phi) is 6.16. The van der Waals surface area contributed by atoms with Crippen molar-refractivity contribution in [3.63, 3.8) is 0 Å². The van der Waals surface area contributed by atoms with Crippen LogP contribution in [0.3, 0.4) is 0 Å². The summed E-state index contributed by atoms with van der Waals surface area (Å²) in [6.45, 7) is 3.26. The van der Waals surface area contributed by atoms with Crippen molar-refractivity contribution in [3.05, 3.63) is 53.9 Å². The molecule has 0 saturated heterocycles. The number of nitrogens with zero attached hydrogens (tertiary/aromatic N) is 2. The Labute approximate surface area is 155 Å². The van der Waals surface area contributed by atoms with Crippen LogP contribution in [0.15, 0.2) is 42.5 Å². The van der Waals surface area contributed by atoms with E-state index in [2.05, 4.69) is 41.8 Å². The van der Waals surface area contributed by atoms with Gasteiger partial charge in [-0.2, -0.15) is 0 Å². The monoisotopic (exact) mass is 352 g/mol. The molecule has 138 valence electrons. The summed E-state index contributed by atoms with van der Waals surface area (Å²) in [5.74, 6) is 2.62. The predicted octanol–water partition coefficient (Wildman–Crippen LogP) is 5.22. The lowest BCUT2D eigenvalue weighted by atomic mass is 10.1. The van der Waals surface area contributed by atoms with Crippen LogP contribution in [0.5, 0.6) is 11.5 Å². The van der Waals surface area contributed by atoms with Crippen LogP contribution in [0.4, 0.5) is 0 Å². The number of aryl methyl sites for hydroxylation is 1. The van der Waals surface area contributed by atoms with Crippen LogP contribution in [0.2, 0.25) is 0 Å². The third-order valence-electron chi connectivity index (χ3n) is 4.78. The van der Waals surface area contributed by atoms with Crippen LogP contribution in [0.25, 0.3) is 11.0 Å². The molecule has 0 bridgehead atoms. The number of ether oxygens (including phenoxy) is 2. The second-order valence-electron chi connectivity index (χ2n) is 6.60. The molecule has 0 amide bonds. The molecular weight excluding hydrogens is 324 g/mol. The van der Waals surface area contributed by atoms with Gasteiger partial charge >= 0.3 is 0 Å². The van der Waals surface area contributed by atoms with Gasteiger partial charge in [-0.1, -0.05) is 44.4 Å². The fraction of sp³-hybridized carbons (Fsp3) is 0.409. The van der Waals surface area contributed by atoms with Crippen LogP contribution in [-0.4, -0.2) is 23.8 Å². The molecule has 4 nitrogen and oxygen atoms in total. The van der Waals surface area contributed by atoms with Crippen LogP contribution in [0.1, 0.15) is 44.0 Å². The maximum absolute atomic E-state index is 5.44. The summed E-state index contributed by atoms with van der Waals surface area (Å²) in [5, 5.41) is 0. The zero-order valence-electron chi connectivity index (χ0n) is 16.0. The fourth-order valence-corrected chi connectivity index (χ4v) is 3.38. The van der Waals surface area contributed by atoms with Crippen molar-refractivity contribution in [1.29, 1.82) is 0 Å². The summed E-state index contributed by atoms with van der Waals surface area (Å²) >= 11 is 0. The van der Waals surface area contributed by atoms with Gasteiger partial charge in [0.1, 0.15) is 5.82 Å². The summed E-state index contributed by atoms with van der Waals surface area (Å²) in [4.78, 5) is 4.90. The van der Waals surface area contributed by atoms with E-state index in [4.69, 9.17) is 14.5 Å². The lowest BCUT2D eigenvalue weighted by molar-refractivity contribution is 0.354. The first-order valence-electron chi connectivity index (χ1n) is 9.41. The number of hydrogen-bond acceptors (Lipinski definition) is 3. The molecule has 0 aliphatic carbocycles. The highest BCUT2D eigenvalue weighted by Gasteiger charge is 2.12. The average Bonchev–Trinajstić information content (AvgIpc) is 3.02. The number of hydrogen-bond donors (Lipinski definition) is 0. The van der Waals surface area contributed by atoms with E-state index in [1.165, 1.54) is 36.8 Å². The van der Waals surface area contributed by atoms with E-state index < -0.39 is 0 Å². The van der Waals surface area contributed by atoms with Gasteiger partial charge in [-0.05, 0) is 36.2 Å². The molecule has 0 atom stereocenters. The Bertz CT molecular complexity index is 854. The Morgan fingerprint density at radius 1 is 0.923 bits per heavy atom. The number of aromatic nitrogens is 2. The third kappa shape index (κ3) is 4.01. The topological polar surface area (TPSA) is 36.3 Å². The smallest absolute Gasteiger partial charge is 0.161 e. The van der Waals surface area contributed by atoms with E-state index in [-0.39, 0.29) is 0 Å². The number of methoxy groups -OCH3 is 2. The Balaban J connectivity index is 1.89. The molecule has 0 radical (unpaired) electrons. The highest BCUT2D eigenvalue weighted by atomic mass is 16.5. The van der Waals surface area contributed by atoms with E-state index in [0.29, 0.717) is 0 Å². The van der Waals surface area contributed by atoms with Crippen molar-refractivity contribution in [2.24, 2.45) is 0 Å². The molecule has 1 heterocycles. The largest absolute Gasteiger partial charge is 0.493 e. The predicted molar refractivity (Wildman–Crippen MR) is 106 cm³/mol. The SMILES string of the molecule is CCCCCCn1c(Cc2ccc(OC)c(OC)c2)nc2ccccc21. The minimum Gasteiger partial charge on any atom is -0.493 e. The molecule has 0 spiro atoms. The van der Waals surface area contributed by atoms with E-state index in [1.807, 2.05) is 12.1 Å². The van der Waals surface area contributed by atoms with Gasteiger partial charge in [-0.25, -0.2) is 4.98 Å². The molecule has 0 aliphatic heterocycles. The van der Waals surface area contributed by atoms with E-state index in [1.54, 1.807) is 14.2 Å². The molecule has 3 aromatic rings. The fourth-order valence-electron chi connectivity index (χ4n) is 3.38. The summed E-state index contributed by atoms with van der Waals surface area (Å²) < 4.78 is 13.2. The molecule has 1 aromatic heterocycles. The number of unbranched alkanes of at least 4 members (excludes halogenated alkanes) is 3. The molecule has 26 heavy (non-hydrogen) atoms. The standard InChI is InChI=1S/C22H28N2O2/c1-4-5-6-9-14-24-19-11-8-7-10-18(19)23-22(24)16-17-12-13-20(25-2)21(15-17)26-3/h7-8,10-13,15H,4-6,9,14,16H2,1-3H3. The van der Waals surface area contributed by atoms with Gasteiger partial charge in [0.15, 0.2) is 11.5 Å². The molecule has 0 aliphatic rings. The Hall–Kier alpha value is -2.49. The first-order chi connectivity index (χ1) is 12.8. The van der Waals surface area contributed by atoms with Gasteiger partial charge in [0.2, 0.25) is 0 Å². The molecule has 0 N–H and O–H groups in total. The summed E-state index contributed by atoms with van der Waals surface area (Å²) in [7, 11) is 3.33. The van der Waals surface area contributed by atoms with Gasteiger partial charge in [0.25, 0.3) is 0 Å². The summed E-state index contributed by atoms with van der Waals surface area (Å²) in [6.07, 6.45) is 5.77. The lowest BCUT2D eigenvalue weighted by Crippen LogP contribution is -2.05. The number of para-hydroxylation sites is 2. The molecule has 2 aromatic carbocycles. The van der Waals surface area contributed by atoms with Crippen molar-refractivity contribution in [1.82, 2.24) is 9.55 Å². The number of benzene rings is 2. The minimum absolute atomic E-state index is 0.754. The van der Waals surface area contributed by atoms with Gasteiger partial charge in [-0.3, -0.25) is 0 Å².